The van der Waals surface area contributed by atoms with Crippen LogP contribution in [0.1, 0.15) is 27.7 Å². The average Bonchev–Trinajstić information content (AvgIpc) is 2.12. The van der Waals surface area contributed by atoms with Crippen LogP contribution in [0.5, 0.6) is 0 Å². The molecule has 86 valence electrons. The van der Waals surface area contributed by atoms with Crippen LogP contribution in [0.25, 0.3) is 0 Å². The second-order valence-electron chi connectivity index (χ2n) is 4.33. The summed E-state index contributed by atoms with van der Waals surface area (Å²) < 4.78 is 5.56. The first-order valence-electron chi connectivity index (χ1n) is 5.33. The Labute approximate surface area is 91.3 Å². The maximum Gasteiger partial charge on any atom is 0.321 e. The smallest absolute Gasteiger partial charge is 0.321 e. The summed E-state index contributed by atoms with van der Waals surface area (Å²) in [7, 11) is 0. The summed E-state index contributed by atoms with van der Waals surface area (Å²) in [5.41, 5.74) is 1.08. The average molecular weight is 212 g/mol. The van der Waals surface area contributed by atoms with E-state index in [1.54, 1.807) is 11.1 Å². The number of morpholine rings is 1. The lowest BCUT2D eigenvalue weighted by Crippen LogP contribution is -2.50. The lowest BCUT2D eigenvalue weighted by Gasteiger charge is -2.34. The van der Waals surface area contributed by atoms with Crippen molar-refractivity contribution in [2.45, 2.75) is 39.9 Å². The summed E-state index contributed by atoms with van der Waals surface area (Å²) in [5.74, 6) is 0. The van der Waals surface area contributed by atoms with Gasteiger partial charge in [-0.3, -0.25) is 0 Å². The van der Waals surface area contributed by atoms with Crippen molar-refractivity contribution in [2.24, 2.45) is 0 Å². The van der Waals surface area contributed by atoms with Gasteiger partial charge in [-0.1, -0.05) is 5.57 Å². The van der Waals surface area contributed by atoms with E-state index in [0.717, 1.165) is 5.57 Å². The summed E-state index contributed by atoms with van der Waals surface area (Å²) >= 11 is 0. The molecule has 0 radical (unpaired) electrons. The minimum atomic E-state index is -0.0433. The van der Waals surface area contributed by atoms with E-state index >= 15 is 0 Å². The number of allylic oxidation sites excluding steroid dienone is 1. The highest BCUT2D eigenvalue weighted by molar-refractivity contribution is 5.75. The van der Waals surface area contributed by atoms with Crippen LogP contribution in [-0.2, 0) is 4.74 Å². The molecule has 1 aliphatic rings. The van der Waals surface area contributed by atoms with E-state index in [9.17, 15) is 4.79 Å². The summed E-state index contributed by atoms with van der Waals surface area (Å²) in [4.78, 5) is 13.5. The number of carbonyl (C=O) groups is 1. The summed E-state index contributed by atoms with van der Waals surface area (Å²) in [6, 6.07) is -0.0433. The third kappa shape index (κ3) is 3.91. The lowest BCUT2D eigenvalue weighted by molar-refractivity contribution is -0.0542. The maximum atomic E-state index is 11.7. The zero-order valence-corrected chi connectivity index (χ0v) is 9.91. The Hall–Kier alpha value is -1.03. The van der Waals surface area contributed by atoms with Crippen molar-refractivity contribution in [3.63, 3.8) is 0 Å². The lowest BCUT2D eigenvalue weighted by atomic mass is 10.2. The number of ether oxygens (including phenoxy) is 1. The predicted octanol–water partition coefficient (Wildman–Crippen LogP) is 1.73. The van der Waals surface area contributed by atoms with Crippen molar-refractivity contribution in [1.82, 2.24) is 10.2 Å². The second kappa shape index (κ2) is 5.16. The maximum absolute atomic E-state index is 11.7. The molecule has 1 aliphatic heterocycles. The molecule has 2 amide bonds. The van der Waals surface area contributed by atoms with Gasteiger partial charge < -0.3 is 15.0 Å². The Kier molecular flexibility index (Phi) is 4.15. The first-order valence-corrected chi connectivity index (χ1v) is 5.33. The molecule has 2 atom stereocenters. The quantitative estimate of drug-likeness (QED) is 0.719. The molecule has 0 aromatic heterocycles. The third-order valence-corrected chi connectivity index (χ3v) is 2.19. The number of hydrogen-bond acceptors (Lipinski definition) is 2. The van der Waals surface area contributed by atoms with Crippen molar-refractivity contribution in [3.8, 4) is 0 Å². The van der Waals surface area contributed by atoms with Gasteiger partial charge in [0.05, 0.1) is 12.2 Å². The fraction of sp³-hybridized carbons (Fsp3) is 0.727. The van der Waals surface area contributed by atoms with Crippen LogP contribution >= 0.6 is 0 Å². The van der Waals surface area contributed by atoms with Gasteiger partial charge in [0.25, 0.3) is 0 Å². The van der Waals surface area contributed by atoms with Gasteiger partial charge in [-0.2, -0.15) is 0 Å². The minimum Gasteiger partial charge on any atom is -0.372 e. The van der Waals surface area contributed by atoms with Crippen LogP contribution in [0.4, 0.5) is 4.79 Å². The molecule has 0 aromatic carbocycles. The van der Waals surface area contributed by atoms with Crippen LogP contribution in [0.15, 0.2) is 11.8 Å². The molecule has 0 saturated carbocycles. The van der Waals surface area contributed by atoms with Crippen molar-refractivity contribution in [3.05, 3.63) is 11.8 Å². The molecule has 0 spiro atoms. The van der Waals surface area contributed by atoms with Gasteiger partial charge in [0.2, 0.25) is 0 Å². The Morgan fingerprint density at radius 2 is 1.87 bits per heavy atom. The molecular formula is C11H20N2O2. The molecule has 0 bridgehead atoms. The Morgan fingerprint density at radius 3 is 2.33 bits per heavy atom. The molecular weight excluding hydrogens is 192 g/mol. The van der Waals surface area contributed by atoms with Crippen molar-refractivity contribution < 1.29 is 9.53 Å². The van der Waals surface area contributed by atoms with E-state index in [4.69, 9.17) is 4.74 Å². The highest BCUT2D eigenvalue weighted by Crippen LogP contribution is 2.10. The topological polar surface area (TPSA) is 41.6 Å². The standard InChI is InChI=1S/C11H20N2O2/c1-8(2)5-12-11(14)13-6-9(3)15-10(4)7-13/h5,9-10H,6-7H2,1-4H3,(H,12,14). The van der Waals surface area contributed by atoms with Gasteiger partial charge in [0.1, 0.15) is 0 Å². The number of urea groups is 1. The molecule has 0 aromatic rings. The van der Waals surface area contributed by atoms with E-state index in [2.05, 4.69) is 5.32 Å². The van der Waals surface area contributed by atoms with E-state index in [1.165, 1.54) is 0 Å². The van der Waals surface area contributed by atoms with Crippen LogP contribution in [0, 0.1) is 0 Å². The van der Waals surface area contributed by atoms with E-state index in [1.807, 2.05) is 27.7 Å². The molecule has 1 fully saturated rings. The largest absolute Gasteiger partial charge is 0.372 e. The molecule has 1 saturated heterocycles. The zero-order chi connectivity index (χ0) is 11.4. The molecule has 1 rings (SSSR count). The number of hydrogen-bond donors (Lipinski definition) is 1. The Balaban J connectivity index is 2.48. The van der Waals surface area contributed by atoms with E-state index < -0.39 is 0 Å². The number of amides is 2. The summed E-state index contributed by atoms with van der Waals surface area (Å²) in [6.07, 6.45) is 1.96. The Bertz CT molecular complexity index is 249. The summed E-state index contributed by atoms with van der Waals surface area (Å²) in [6.45, 7) is 9.18. The molecule has 2 unspecified atom stereocenters. The minimum absolute atomic E-state index is 0.0433. The highest BCUT2D eigenvalue weighted by Gasteiger charge is 2.25. The first kappa shape index (κ1) is 12.0. The van der Waals surface area contributed by atoms with Crippen molar-refractivity contribution in [2.75, 3.05) is 13.1 Å². The van der Waals surface area contributed by atoms with Gasteiger partial charge >= 0.3 is 6.03 Å². The molecule has 1 N–H and O–H groups in total. The van der Waals surface area contributed by atoms with Crippen LogP contribution in [0.2, 0.25) is 0 Å². The van der Waals surface area contributed by atoms with Gasteiger partial charge in [-0.15, -0.1) is 0 Å². The molecule has 15 heavy (non-hydrogen) atoms. The molecule has 4 heteroatoms. The molecule has 4 nitrogen and oxygen atoms in total. The van der Waals surface area contributed by atoms with Gasteiger partial charge in [-0.25, -0.2) is 4.79 Å². The fourth-order valence-corrected chi connectivity index (χ4v) is 1.64. The SMILES string of the molecule is CC(C)=CNC(=O)N1CC(C)OC(C)C1. The summed E-state index contributed by atoms with van der Waals surface area (Å²) in [5, 5.41) is 2.76. The van der Waals surface area contributed by atoms with Crippen LogP contribution in [0.3, 0.4) is 0 Å². The monoisotopic (exact) mass is 212 g/mol. The highest BCUT2D eigenvalue weighted by atomic mass is 16.5. The third-order valence-electron chi connectivity index (χ3n) is 2.19. The van der Waals surface area contributed by atoms with Crippen LogP contribution < -0.4 is 5.32 Å². The fourth-order valence-electron chi connectivity index (χ4n) is 1.64. The van der Waals surface area contributed by atoms with Crippen molar-refractivity contribution >= 4 is 6.03 Å². The second-order valence-corrected chi connectivity index (χ2v) is 4.33. The molecule has 0 aliphatic carbocycles. The van der Waals surface area contributed by atoms with Crippen LogP contribution in [-0.4, -0.2) is 36.2 Å². The van der Waals surface area contributed by atoms with Gasteiger partial charge in [0.15, 0.2) is 0 Å². The van der Waals surface area contributed by atoms with E-state index in [0.29, 0.717) is 13.1 Å². The predicted molar refractivity (Wildman–Crippen MR) is 59.5 cm³/mol. The zero-order valence-electron chi connectivity index (χ0n) is 9.91. The van der Waals surface area contributed by atoms with E-state index in [-0.39, 0.29) is 18.2 Å². The Morgan fingerprint density at radius 1 is 1.33 bits per heavy atom. The molecule has 1 heterocycles. The van der Waals surface area contributed by atoms with Crippen molar-refractivity contribution in [1.29, 1.82) is 0 Å². The number of nitrogens with zero attached hydrogens (tertiary/aromatic N) is 1. The number of nitrogens with one attached hydrogen (secondary N) is 1. The van der Waals surface area contributed by atoms with Gasteiger partial charge in [0, 0.05) is 19.3 Å². The van der Waals surface area contributed by atoms with Gasteiger partial charge in [-0.05, 0) is 27.7 Å². The first-order chi connectivity index (χ1) is 6.99. The normalized spacial score (nSPS) is 26.0. The number of rotatable bonds is 1. The number of carbonyl (C=O) groups excluding carboxylic acids is 1.